The molecule has 4 heteroatoms. The van der Waals surface area contributed by atoms with Crippen LogP contribution in [-0.2, 0) is 9.53 Å². The van der Waals surface area contributed by atoms with Crippen molar-refractivity contribution in [3.63, 3.8) is 0 Å². The summed E-state index contributed by atoms with van der Waals surface area (Å²) in [7, 11) is 0. The summed E-state index contributed by atoms with van der Waals surface area (Å²) < 4.78 is 5.65. The number of ether oxygens (including phenoxy) is 1. The fraction of sp³-hybridized carbons (Fsp3) is 0.923. The van der Waals surface area contributed by atoms with Gasteiger partial charge in [0.05, 0.1) is 12.5 Å². The molecule has 2 fully saturated rings. The van der Waals surface area contributed by atoms with E-state index >= 15 is 0 Å². The smallest absolute Gasteiger partial charge is 0.303 e. The van der Waals surface area contributed by atoms with Gasteiger partial charge in [-0.25, -0.2) is 0 Å². The van der Waals surface area contributed by atoms with E-state index in [4.69, 9.17) is 9.84 Å². The average Bonchev–Trinajstić information content (AvgIpc) is 2.68. The van der Waals surface area contributed by atoms with Gasteiger partial charge in [0.25, 0.3) is 0 Å². The summed E-state index contributed by atoms with van der Waals surface area (Å²) in [5.74, 6) is -0.675. The van der Waals surface area contributed by atoms with E-state index in [-0.39, 0.29) is 11.8 Å². The molecule has 0 aliphatic carbocycles. The van der Waals surface area contributed by atoms with Crippen molar-refractivity contribution in [1.82, 2.24) is 4.90 Å². The van der Waals surface area contributed by atoms with Crippen LogP contribution in [0.4, 0.5) is 0 Å². The minimum absolute atomic E-state index is 0.0529. The topological polar surface area (TPSA) is 49.8 Å². The molecule has 4 nitrogen and oxygen atoms in total. The number of carboxylic acid groups (broad SMARTS) is 1. The van der Waals surface area contributed by atoms with E-state index in [1.165, 1.54) is 6.42 Å². The molecule has 98 valence electrons. The maximum absolute atomic E-state index is 10.9. The normalized spacial score (nSPS) is 35.0. The molecule has 17 heavy (non-hydrogen) atoms. The fourth-order valence-electron chi connectivity index (χ4n) is 3.17. The van der Waals surface area contributed by atoms with E-state index in [9.17, 15) is 4.79 Å². The lowest BCUT2D eigenvalue weighted by atomic mass is 9.79. The Labute approximate surface area is 103 Å². The Morgan fingerprint density at radius 3 is 3.00 bits per heavy atom. The molecule has 0 saturated carbocycles. The summed E-state index contributed by atoms with van der Waals surface area (Å²) in [5.41, 5.74) is -0.0529. The minimum Gasteiger partial charge on any atom is -0.481 e. The summed E-state index contributed by atoms with van der Waals surface area (Å²) in [4.78, 5) is 13.3. The van der Waals surface area contributed by atoms with Gasteiger partial charge in [-0.05, 0) is 37.6 Å². The lowest BCUT2D eigenvalue weighted by Crippen LogP contribution is -2.45. The number of carbonyl (C=O) groups is 1. The lowest BCUT2D eigenvalue weighted by Gasteiger charge is -2.40. The van der Waals surface area contributed by atoms with Crippen LogP contribution in [0.3, 0.4) is 0 Å². The van der Waals surface area contributed by atoms with Crippen molar-refractivity contribution in [3.05, 3.63) is 0 Å². The van der Waals surface area contributed by atoms with Gasteiger partial charge in [-0.3, -0.25) is 4.79 Å². The Hall–Kier alpha value is -0.610. The van der Waals surface area contributed by atoms with Crippen LogP contribution < -0.4 is 0 Å². The number of piperidine rings is 1. The molecule has 0 aromatic carbocycles. The molecule has 2 atom stereocenters. The maximum atomic E-state index is 10.9. The Balaban J connectivity index is 1.85. The van der Waals surface area contributed by atoms with Gasteiger partial charge >= 0.3 is 5.97 Å². The number of hydrogen-bond acceptors (Lipinski definition) is 3. The van der Waals surface area contributed by atoms with E-state index < -0.39 is 5.97 Å². The molecule has 0 radical (unpaired) electrons. The van der Waals surface area contributed by atoms with Gasteiger partial charge in [-0.15, -0.1) is 0 Å². The van der Waals surface area contributed by atoms with Crippen molar-refractivity contribution in [1.29, 1.82) is 0 Å². The van der Waals surface area contributed by atoms with Crippen LogP contribution >= 0.6 is 0 Å². The van der Waals surface area contributed by atoms with Gasteiger partial charge < -0.3 is 14.7 Å². The number of carboxylic acids is 1. The first-order chi connectivity index (χ1) is 8.07. The van der Waals surface area contributed by atoms with Gasteiger partial charge in [0.15, 0.2) is 0 Å². The summed E-state index contributed by atoms with van der Waals surface area (Å²) >= 11 is 0. The molecule has 2 rings (SSSR count). The molecule has 2 saturated heterocycles. The quantitative estimate of drug-likeness (QED) is 0.814. The minimum atomic E-state index is -0.675. The summed E-state index contributed by atoms with van der Waals surface area (Å²) in [6, 6.07) is 0. The first-order valence-corrected chi connectivity index (χ1v) is 6.63. The maximum Gasteiger partial charge on any atom is 0.303 e. The fourth-order valence-corrected chi connectivity index (χ4v) is 3.17. The lowest BCUT2D eigenvalue weighted by molar-refractivity contribution is -0.140. The predicted molar refractivity (Wildman–Crippen MR) is 65.0 cm³/mol. The van der Waals surface area contributed by atoms with Gasteiger partial charge in [-0.2, -0.15) is 0 Å². The number of hydrogen-bond donors (Lipinski definition) is 1. The Bertz CT molecular complexity index is 276. The third kappa shape index (κ3) is 3.68. The van der Waals surface area contributed by atoms with Crippen molar-refractivity contribution in [2.24, 2.45) is 5.41 Å². The highest BCUT2D eigenvalue weighted by Crippen LogP contribution is 2.33. The molecule has 2 heterocycles. The average molecular weight is 241 g/mol. The Morgan fingerprint density at radius 2 is 2.35 bits per heavy atom. The standard InChI is InChI=1S/C13H23NO3/c1-13(8-12(15)16)5-3-6-14(10-13)9-11-4-2-7-17-11/h11H,2-10H2,1H3,(H,15,16). The van der Waals surface area contributed by atoms with E-state index in [0.29, 0.717) is 6.10 Å². The summed E-state index contributed by atoms with van der Waals surface area (Å²) in [6.45, 7) is 5.97. The molecule has 1 N–H and O–H groups in total. The second-order valence-corrected chi connectivity index (χ2v) is 5.85. The van der Waals surface area contributed by atoms with Crippen molar-refractivity contribution < 1.29 is 14.6 Å². The van der Waals surface area contributed by atoms with Crippen LogP contribution in [0.25, 0.3) is 0 Å². The van der Waals surface area contributed by atoms with Crippen LogP contribution in [0.2, 0.25) is 0 Å². The van der Waals surface area contributed by atoms with Crippen LogP contribution in [0.5, 0.6) is 0 Å². The first-order valence-electron chi connectivity index (χ1n) is 6.63. The van der Waals surface area contributed by atoms with Gasteiger partial charge in [0, 0.05) is 19.7 Å². The van der Waals surface area contributed by atoms with Crippen LogP contribution in [0.1, 0.15) is 39.0 Å². The Morgan fingerprint density at radius 1 is 1.53 bits per heavy atom. The molecule has 0 bridgehead atoms. The zero-order valence-corrected chi connectivity index (χ0v) is 10.7. The molecule has 2 unspecified atom stereocenters. The van der Waals surface area contributed by atoms with Crippen LogP contribution in [0, 0.1) is 5.41 Å². The van der Waals surface area contributed by atoms with Crippen molar-refractivity contribution in [3.8, 4) is 0 Å². The highest BCUT2D eigenvalue weighted by Gasteiger charge is 2.34. The van der Waals surface area contributed by atoms with Gasteiger partial charge in [0.1, 0.15) is 0 Å². The third-order valence-electron chi connectivity index (χ3n) is 3.92. The van der Waals surface area contributed by atoms with E-state index in [2.05, 4.69) is 11.8 Å². The Kier molecular flexibility index (Phi) is 4.05. The van der Waals surface area contributed by atoms with Gasteiger partial charge in [0.2, 0.25) is 0 Å². The summed E-state index contributed by atoms with van der Waals surface area (Å²) in [5, 5.41) is 8.96. The van der Waals surface area contributed by atoms with Crippen LogP contribution in [-0.4, -0.2) is 48.3 Å². The van der Waals surface area contributed by atoms with Crippen molar-refractivity contribution in [2.45, 2.75) is 45.1 Å². The van der Waals surface area contributed by atoms with E-state index in [1.807, 2.05) is 0 Å². The van der Waals surface area contributed by atoms with Crippen molar-refractivity contribution in [2.75, 3.05) is 26.2 Å². The monoisotopic (exact) mass is 241 g/mol. The number of aliphatic carboxylic acids is 1. The molecular weight excluding hydrogens is 218 g/mol. The second kappa shape index (κ2) is 5.36. The zero-order chi connectivity index (χ0) is 12.3. The summed E-state index contributed by atoms with van der Waals surface area (Å²) in [6.07, 6.45) is 5.13. The van der Waals surface area contributed by atoms with Crippen molar-refractivity contribution >= 4 is 5.97 Å². The SMILES string of the molecule is CC1(CC(=O)O)CCCN(CC2CCCO2)C1. The molecular formula is C13H23NO3. The van der Waals surface area contributed by atoms with E-state index in [1.54, 1.807) is 0 Å². The number of nitrogens with zero attached hydrogens (tertiary/aromatic N) is 1. The predicted octanol–water partition coefficient (Wildman–Crippen LogP) is 1.74. The number of likely N-dealkylation sites (tertiary alicyclic amines) is 1. The third-order valence-corrected chi connectivity index (χ3v) is 3.92. The van der Waals surface area contributed by atoms with Crippen LogP contribution in [0.15, 0.2) is 0 Å². The molecule has 0 spiro atoms. The van der Waals surface area contributed by atoms with E-state index in [0.717, 1.165) is 45.5 Å². The molecule has 2 aliphatic rings. The number of rotatable bonds is 4. The highest BCUT2D eigenvalue weighted by molar-refractivity contribution is 5.67. The van der Waals surface area contributed by atoms with Gasteiger partial charge in [-0.1, -0.05) is 6.92 Å². The molecule has 0 amide bonds. The highest BCUT2D eigenvalue weighted by atomic mass is 16.5. The molecule has 2 aliphatic heterocycles. The second-order valence-electron chi connectivity index (χ2n) is 5.85. The largest absolute Gasteiger partial charge is 0.481 e. The molecule has 0 aromatic heterocycles. The first kappa shape index (κ1) is 12.8. The molecule has 0 aromatic rings. The zero-order valence-electron chi connectivity index (χ0n) is 10.7.